The van der Waals surface area contributed by atoms with Crippen molar-refractivity contribution in [3.63, 3.8) is 0 Å². The van der Waals surface area contributed by atoms with Crippen molar-refractivity contribution < 1.29 is 24.2 Å². The van der Waals surface area contributed by atoms with Crippen molar-refractivity contribution in [3.8, 4) is 5.75 Å². The van der Waals surface area contributed by atoms with Gasteiger partial charge in [0.15, 0.2) is 0 Å². The summed E-state index contributed by atoms with van der Waals surface area (Å²) in [6, 6.07) is 1.43. The average Bonchev–Trinajstić information content (AvgIpc) is 2.46. The Morgan fingerprint density at radius 1 is 1.35 bits per heavy atom. The minimum Gasteiger partial charge on any atom is -0.487 e. The molecule has 126 valence electrons. The quantitative estimate of drug-likeness (QED) is 0.920. The first-order valence-corrected chi connectivity index (χ1v) is 7.57. The maximum Gasteiger partial charge on any atom is 0.410 e. The molecule has 2 heterocycles. The molecule has 1 aromatic heterocycles. The Hall–Kier alpha value is -2.31. The van der Waals surface area contributed by atoms with E-state index in [0.717, 1.165) is 12.8 Å². The average molecular weight is 322 g/mol. The summed E-state index contributed by atoms with van der Waals surface area (Å²) in [5, 5.41) is 8.97. The predicted molar refractivity (Wildman–Crippen MR) is 82.7 cm³/mol. The normalized spacial score (nSPS) is 18.4. The third-order valence-electron chi connectivity index (χ3n) is 3.29. The number of hydrogen-bond acceptors (Lipinski definition) is 5. The van der Waals surface area contributed by atoms with Gasteiger partial charge in [-0.25, -0.2) is 9.59 Å². The maximum atomic E-state index is 12.1. The van der Waals surface area contributed by atoms with E-state index in [1.54, 1.807) is 4.90 Å². The van der Waals surface area contributed by atoms with Crippen LogP contribution in [0.15, 0.2) is 18.5 Å². The van der Waals surface area contributed by atoms with Gasteiger partial charge in [-0.1, -0.05) is 0 Å². The largest absolute Gasteiger partial charge is 0.487 e. The second-order valence-corrected chi connectivity index (χ2v) is 6.52. The van der Waals surface area contributed by atoms with Gasteiger partial charge >= 0.3 is 12.1 Å². The molecule has 1 unspecified atom stereocenters. The minimum absolute atomic E-state index is 0.0716. The molecular weight excluding hydrogens is 300 g/mol. The number of piperidine rings is 1. The van der Waals surface area contributed by atoms with Crippen LogP contribution in [0, 0.1) is 0 Å². The lowest BCUT2D eigenvalue weighted by atomic mass is 10.1. The lowest BCUT2D eigenvalue weighted by molar-refractivity contribution is 0.00772. The molecule has 1 fully saturated rings. The Balaban J connectivity index is 1.97. The van der Waals surface area contributed by atoms with Gasteiger partial charge in [-0.3, -0.25) is 4.98 Å². The third-order valence-corrected chi connectivity index (χ3v) is 3.29. The molecule has 7 nitrogen and oxygen atoms in total. The molecule has 7 heteroatoms. The highest BCUT2D eigenvalue weighted by Gasteiger charge is 2.28. The summed E-state index contributed by atoms with van der Waals surface area (Å²) in [5.74, 6) is -0.664. The van der Waals surface area contributed by atoms with Crippen molar-refractivity contribution >= 4 is 12.1 Å². The number of likely N-dealkylation sites (tertiary alicyclic amines) is 1. The highest BCUT2D eigenvalue weighted by Crippen LogP contribution is 2.20. The zero-order valence-corrected chi connectivity index (χ0v) is 13.6. The van der Waals surface area contributed by atoms with E-state index in [1.165, 1.54) is 18.5 Å². The van der Waals surface area contributed by atoms with Crippen LogP contribution in [0.1, 0.15) is 44.0 Å². The Bertz CT molecular complexity index is 582. The highest BCUT2D eigenvalue weighted by atomic mass is 16.6. The van der Waals surface area contributed by atoms with Crippen LogP contribution in [0.2, 0.25) is 0 Å². The Labute approximate surface area is 135 Å². The van der Waals surface area contributed by atoms with Gasteiger partial charge in [0.25, 0.3) is 0 Å². The minimum atomic E-state index is -1.05. The summed E-state index contributed by atoms with van der Waals surface area (Å²) in [6.45, 7) is 6.51. The monoisotopic (exact) mass is 322 g/mol. The van der Waals surface area contributed by atoms with E-state index < -0.39 is 11.6 Å². The number of carboxylic acid groups (broad SMARTS) is 1. The molecule has 1 N–H and O–H groups in total. The van der Waals surface area contributed by atoms with E-state index in [-0.39, 0.29) is 17.8 Å². The fourth-order valence-corrected chi connectivity index (χ4v) is 2.32. The van der Waals surface area contributed by atoms with Gasteiger partial charge in [-0.05, 0) is 39.7 Å². The maximum absolute atomic E-state index is 12.1. The number of aromatic carboxylic acids is 1. The molecule has 1 amide bonds. The molecule has 1 saturated heterocycles. The molecule has 2 rings (SSSR count). The van der Waals surface area contributed by atoms with E-state index in [1.807, 2.05) is 20.8 Å². The van der Waals surface area contributed by atoms with Crippen LogP contribution in [-0.2, 0) is 4.74 Å². The van der Waals surface area contributed by atoms with Gasteiger partial charge in [-0.2, -0.15) is 0 Å². The van der Waals surface area contributed by atoms with Crippen molar-refractivity contribution in [1.29, 1.82) is 0 Å². The summed E-state index contributed by atoms with van der Waals surface area (Å²) < 4.78 is 11.1. The van der Waals surface area contributed by atoms with Crippen molar-refractivity contribution in [1.82, 2.24) is 9.88 Å². The van der Waals surface area contributed by atoms with Gasteiger partial charge in [0.2, 0.25) is 0 Å². The van der Waals surface area contributed by atoms with Crippen LogP contribution in [0.4, 0.5) is 4.79 Å². The van der Waals surface area contributed by atoms with Crippen molar-refractivity contribution in [2.75, 3.05) is 13.1 Å². The van der Waals surface area contributed by atoms with E-state index in [0.29, 0.717) is 18.8 Å². The molecule has 0 radical (unpaired) electrons. The topological polar surface area (TPSA) is 89.0 Å². The number of pyridine rings is 1. The fourth-order valence-electron chi connectivity index (χ4n) is 2.32. The zero-order chi connectivity index (χ0) is 17.0. The number of aromatic nitrogens is 1. The number of hydrogen-bond donors (Lipinski definition) is 1. The Kier molecular flexibility index (Phi) is 5.08. The van der Waals surface area contributed by atoms with Crippen molar-refractivity contribution in [3.05, 3.63) is 24.0 Å². The van der Waals surface area contributed by atoms with Gasteiger partial charge < -0.3 is 19.5 Å². The zero-order valence-electron chi connectivity index (χ0n) is 13.6. The van der Waals surface area contributed by atoms with Gasteiger partial charge in [0, 0.05) is 12.7 Å². The van der Waals surface area contributed by atoms with E-state index in [2.05, 4.69) is 4.98 Å². The Morgan fingerprint density at radius 3 is 2.74 bits per heavy atom. The number of carbonyl (C=O) groups excluding carboxylic acids is 1. The van der Waals surface area contributed by atoms with Crippen molar-refractivity contribution in [2.45, 2.75) is 45.3 Å². The Morgan fingerprint density at radius 2 is 2.09 bits per heavy atom. The number of carbonyl (C=O) groups is 2. The van der Waals surface area contributed by atoms with Crippen LogP contribution in [0.25, 0.3) is 0 Å². The SMILES string of the molecule is CC(C)(C)OC(=O)N1CCCC(Oc2cncc(C(=O)O)c2)C1. The first-order chi connectivity index (χ1) is 10.7. The molecule has 1 aromatic rings. The molecule has 0 saturated carbocycles. The van der Waals surface area contributed by atoms with Crippen LogP contribution in [-0.4, -0.2) is 51.8 Å². The van der Waals surface area contributed by atoms with Gasteiger partial charge in [0.1, 0.15) is 17.5 Å². The van der Waals surface area contributed by atoms with Gasteiger partial charge in [-0.15, -0.1) is 0 Å². The highest BCUT2D eigenvalue weighted by molar-refractivity contribution is 5.87. The first-order valence-electron chi connectivity index (χ1n) is 7.57. The lowest BCUT2D eigenvalue weighted by Gasteiger charge is -2.34. The molecule has 1 aliphatic rings. The summed E-state index contributed by atoms with van der Waals surface area (Å²) in [7, 11) is 0. The molecule has 23 heavy (non-hydrogen) atoms. The molecule has 0 aromatic carbocycles. The standard InChI is InChI=1S/C16H22N2O5/c1-16(2,3)23-15(21)18-6-4-5-12(10-18)22-13-7-11(14(19)20)8-17-9-13/h7-9,12H,4-6,10H2,1-3H3,(H,19,20). The predicted octanol–water partition coefficient (Wildman–Crippen LogP) is 2.56. The number of rotatable bonds is 3. The van der Waals surface area contributed by atoms with Crippen LogP contribution in [0.5, 0.6) is 5.75 Å². The number of nitrogens with zero attached hydrogens (tertiary/aromatic N) is 2. The van der Waals surface area contributed by atoms with Gasteiger partial charge in [0.05, 0.1) is 18.3 Å². The van der Waals surface area contributed by atoms with Crippen molar-refractivity contribution in [2.24, 2.45) is 0 Å². The fraction of sp³-hybridized carbons (Fsp3) is 0.562. The number of ether oxygens (including phenoxy) is 2. The molecule has 1 atom stereocenters. The molecule has 0 bridgehead atoms. The lowest BCUT2D eigenvalue weighted by Crippen LogP contribution is -2.46. The van der Waals surface area contributed by atoms with E-state index >= 15 is 0 Å². The second-order valence-electron chi connectivity index (χ2n) is 6.52. The smallest absolute Gasteiger partial charge is 0.410 e. The van der Waals surface area contributed by atoms with Crippen LogP contribution >= 0.6 is 0 Å². The van der Waals surface area contributed by atoms with Crippen LogP contribution < -0.4 is 4.74 Å². The second kappa shape index (κ2) is 6.85. The van der Waals surface area contributed by atoms with E-state index in [9.17, 15) is 9.59 Å². The third kappa shape index (κ3) is 5.12. The molecule has 1 aliphatic heterocycles. The molecule has 0 aliphatic carbocycles. The first kappa shape index (κ1) is 17.1. The van der Waals surface area contributed by atoms with E-state index in [4.69, 9.17) is 14.6 Å². The number of carboxylic acids is 1. The summed E-state index contributed by atoms with van der Waals surface area (Å²) in [4.78, 5) is 28.5. The summed E-state index contributed by atoms with van der Waals surface area (Å²) in [5.41, 5.74) is -0.465. The summed E-state index contributed by atoms with van der Waals surface area (Å²) in [6.07, 6.45) is 3.76. The van der Waals surface area contributed by atoms with Crippen LogP contribution in [0.3, 0.4) is 0 Å². The molecule has 0 spiro atoms. The molecular formula is C16H22N2O5. The number of amides is 1. The summed E-state index contributed by atoms with van der Waals surface area (Å²) >= 11 is 0.